The van der Waals surface area contributed by atoms with E-state index in [2.05, 4.69) is 5.32 Å². The molecule has 1 aromatic carbocycles. The van der Waals surface area contributed by atoms with Gasteiger partial charge >= 0.3 is 0 Å². The normalized spacial score (nSPS) is 12.1. The van der Waals surface area contributed by atoms with Crippen LogP contribution in [-0.2, 0) is 11.2 Å². The summed E-state index contributed by atoms with van der Waals surface area (Å²) in [7, 11) is 0. The minimum atomic E-state index is -0.437. The first kappa shape index (κ1) is 13.3. The smallest absolute Gasteiger partial charge is 0.225 e. The maximum absolute atomic E-state index is 11.3. The Kier molecular flexibility index (Phi) is 4.78. The second kappa shape index (κ2) is 6.10. The van der Waals surface area contributed by atoms with Crippen molar-refractivity contribution < 1.29 is 20.1 Å². The van der Waals surface area contributed by atoms with Gasteiger partial charge in [0, 0.05) is 6.54 Å². The van der Waals surface area contributed by atoms with E-state index >= 15 is 0 Å². The number of benzene rings is 1. The lowest BCUT2D eigenvalue weighted by Gasteiger charge is -2.10. The van der Waals surface area contributed by atoms with Crippen molar-refractivity contribution in [3.63, 3.8) is 0 Å². The van der Waals surface area contributed by atoms with E-state index in [0.717, 1.165) is 0 Å². The zero-order valence-electron chi connectivity index (χ0n) is 9.68. The molecule has 1 rings (SSSR count). The van der Waals surface area contributed by atoms with Crippen LogP contribution < -0.4 is 5.32 Å². The van der Waals surface area contributed by atoms with Crippen molar-refractivity contribution in [3.8, 4) is 11.5 Å². The monoisotopic (exact) mass is 239 g/mol. The number of hydrogen-bond donors (Lipinski definition) is 4. The summed E-state index contributed by atoms with van der Waals surface area (Å²) in [5.74, 6) is -0.991. The van der Waals surface area contributed by atoms with E-state index in [1.807, 2.05) is 0 Å². The van der Waals surface area contributed by atoms with Crippen molar-refractivity contribution in [2.75, 3.05) is 13.2 Å². The number of rotatable bonds is 5. The molecule has 0 radical (unpaired) electrons. The van der Waals surface area contributed by atoms with E-state index in [1.54, 1.807) is 19.1 Å². The summed E-state index contributed by atoms with van der Waals surface area (Å²) >= 11 is 0. The van der Waals surface area contributed by atoms with Gasteiger partial charge < -0.3 is 20.6 Å². The third-order valence-corrected chi connectivity index (χ3v) is 2.51. The SMILES string of the molecule is CC(CO)C(=O)NCCc1cccc(O)c1O. The Morgan fingerprint density at radius 3 is 2.76 bits per heavy atom. The fourth-order valence-corrected chi connectivity index (χ4v) is 1.36. The molecular weight excluding hydrogens is 222 g/mol. The Bertz CT molecular complexity index is 392. The fraction of sp³-hybridized carbons (Fsp3) is 0.417. The molecule has 1 aromatic rings. The van der Waals surface area contributed by atoms with Gasteiger partial charge in [-0.25, -0.2) is 0 Å². The van der Waals surface area contributed by atoms with Crippen molar-refractivity contribution in [1.82, 2.24) is 5.32 Å². The molecule has 0 saturated heterocycles. The van der Waals surface area contributed by atoms with Gasteiger partial charge in [0.15, 0.2) is 11.5 Å². The number of aromatic hydroxyl groups is 2. The molecule has 4 N–H and O–H groups in total. The van der Waals surface area contributed by atoms with Crippen LogP contribution in [-0.4, -0.2) is 34.4 Å². The first-order valence-electron chi connectivity index (χ1n) is 5.44. The van der Waals surface area contributed by atoms with E-state index in [4.69, 9.17) is 5.11 Å². The second-order valence-electron chi connectivity index (χ2n) is 3.91. The first-order valence-corrected chi connectivity index (χ1v) is 5.44. The largest absolute Gasteiger partial charge is 0.504 e. The van der Waals surface area contributed by atoms with Gasteiger partial charge in [-0.15, -0.1) is 0 Å². The molecule has 94 valence electrons. The number of hydrogen-bond acceptors (Lipinski definition) is 4. The highest BCUT2D eigenvalue weighted by molar-refractivity contribution is 5.78. The van der Waals surface area contributed by atoms with Gasteiger partial charge in [0.25, 0.3) is 0 Å². The molecule has 1 atom stereocenters. The van der Waals surface area contributed by atoms with Crippen LogP contribution in [0.1, 0.15) is 12.5 Å². The maximum atomic E-state index is 11.3. The van der Waals surface area contributed by atoms with Crippen LogP contribution >= 0.6 is 0 Å². The number of aliphatic hydroxyl groups is 1. The number of amides is 1. The van der Waals surface area contributed by atoms with Crippen molar-refractivity contribution in [2.45, 2.75) is 13.3 Å². The van der Waals surface area contributed by atoms with Crippen LogP contribution in [0.15, 0.2) is 18.2 Å². The number of para-hydroxylation sites is 1. The Morgan fingerprint density at radius 2 is 2.12 bits per heavy atom. The molecule has 0 fully saturated rings. The predicted octanol–water partition coefficient (Wildman–Crippen LogP) is 0.385. The summed E-state index contributed by atoms with van der Waals surface area (Å²) in [6.07, 6.45) is 0.421. The highest BCUT2D eigenvalue weighted by Gasteiger charge is 2.11. The third kappa shape index (κ3) is 3.64. The highest BCUT2D eigenvalue weighted by atomic mass is 16.3. The summed E-state index contributed by atoms with van der Waals surface area (Å²) < 4.78 is 0. The molecule has 1 unspecified atom stereocenters. The van der Waals surface area contributed by atoms with Gasteiger partial charge in [-0.1, -0.05) is 19.1 Å². The van der Waals surface area contributed by atoms with Gasteiger partial charge in [-0.05, 0) is 18.1 Å². The van der Waals surface area contributed by atoms with Crippen molar-refractivity contribution in [1.29, 1.82) is 0 Å². The molecule has 0 aliphatic rings. The van der Waals surface area contributed by atoms with E-state index in [9.17, 15) is 15.0 Å². The first-order chi connectivity index (χ1) is 8.06. The van der Waals surface area contributed by atoms with Crippen LogP contribution in [0.5, 0.6) is 11.5 Å². The van der Waals surface area contributed by atoms with Crippen LogP contribution in [0.3, 0.4) is 0 Å². The van der Waals surface area contributed by atoms with Crippen LogP contribution in [0.25, 0.3) is 0 Å². The number of nitrogens with one attached hydrogen (secondary N) is 1. The van der Waals surface area contributed by atoms with Gasteiger partial charge in [0.05, 0.1) is 12.5 Å². The van der Waals surface area contributed by atoms with E-state index in [1.165, 1.54) is 6.07 Å². The Labute approximate surface area is 99.7 Å². The number of aliphatic hydroxyl groups excluding tert-OH is 1. The second-order valence-corrected chi connectivity index (χ2v) is 3.91. The maximum Gasteiger partial charge on any atom is 0.225 e. The molecule has 0 aromatic heterocycles. The molecule has 17 heavy (non-hydrogen) atoms. The molecule has 0 heterocycles. The Balaban J connectivity index is 2.46. The molecule has 0 aliphatic heterocycles. The average molecular weight is 239 g/mol. The predicted molar refractivity (Wildman–Crippen MR) is 62.7 cm³/mol. The molecule has 1 amide bonds. The van der Waals surface area contributed by atoms with Crippen molar-refractivity contribution in [3.05, 3.63) is 23.8 Å². The molecule has 0 saturated carbocycles. The zero-order valence-corrected chi connectivity index (χ0v) is 9.68. The lowest BCUT2D eigenvalue weighted by molar-refractivity contribution is -0.125. The standard InChI is InChI=1S/C12H17NO4/c1-8(7-14)12(17)13-6-5-9-3-2-4-10(15)11(9)16/h2-4,8,14-16H,5-7H2,1H3,(H,13,17). The molecular formula is C12H17NO4. The number of phenolic OH excluding ortho intramolecular Hbond substituents is 2. The molecule has 5 nitrogen and oxygen atoms in total. The number of phenols is 2. The van der Waals surface area contributed by atoms with E-state index < -0.39 is 5.92 Å². The third-order valence-electron chi connectivity index (χ3n) is 2.51. The van der Waals surface area contributed by atoms with Crippen LogP contribution in [0.2, 0.25) is 0 Å². The molecule has 0 bridgehead atoms. The topological polar surface area (TPSA) is 89.8 Å². The van der Waals surface area contributed by atoms with Crippen molar-refractivity contribution in [2.24, 2.45) is 5.92 Å². The summed E-state index contributed by atoms with van der Waals surface area (Å²) in [5, 5.41) is 30.2. The lowest BCUT2D eigenvalue weighted by atomic mass is 10.1. The minimum Gasteiger partial charge on any atom is -0.504 e. The summed E-state index contributed by atoms with van der Waals surface area (Å²) in [5.41, 5.74) is 0.571. The number of carbonyl (C=O) groups is 1. The van der Waals surface area contributed by atoms with Crippen LogP contribution in [0, 0.1) is 5.92 Å². The number of carbonyl (C=O) groups excluding carboxylic acids is 1. The Hall–Kier alpha value is -1.75. The molecule has 5 heteroatoms. The van der Waals surface area contributed by atoms with Crippen LogP contribution in [0.4, 0.5) is 0 Å². The summed E-state index contributed by atoms with van der Waals surface area (Å²) in [4.78, 5) is 11.3. The Morgan fingerprint density at radius 1 is 1.41 bits per heavy atom. The average Bonchev–Trinajstić information content (AvgIpc) is 2.33. The van der Waals surface area contributed by atoms with Gasteiger partial charge in [-0.2, -0.15) is 0 Å². The zero-order chi connectivity index (χ0) is 12.8. The van der Waals surface area contributed by atoms with E-state index in [-0.39, 0.29) is 24.0 Å². The summed E-state index contributed by atoms with van der Waals surface area (Å²) in [6.45, 7) is 1.78. The van der Waals surface area contributed by atoms with Gasteiger partial charge in [-0.3, -0.25) is 4.79 Å². The quantitative estimate of drug-likeness (QED) is 0.559. The van der Waals surface area contributed by atoms with Crippen molar-refractivity contribution >= 4 is 5.91 Å². The van der Waals surface area contributed by atoms with Gasteiger partial charge in [0.1, 0.15) is 0 Å². The molecule has 0 aliphatic carbocycles. The summed E-state index contributed by atoms with van der Waals surface area (Å²) in [6, 6.07) is 4.70. The lowest BCUT2D eigenvalue weighted by Crippen LogP contribution is -2.32. The highest BCUT2D eigenvalue weighted by Crippen LogP contribution is 2.28. The van der Waals surface area contributed by atoms with E-state index in [0.29, 0.717) is 18.5 Å². The fourth-order valence-electron chi connectivity index (χ4n) is 1.36. The van der Waals surface area contributed by atoms with Gasteiger partial charge in [0.2, 0.25) is 5.91 Å². The molecule has 0 spiro atoms. The minimum absolute atomic E-state index is 0.156.